The first-order chi connectivity index (χ1) is 9.69. The van der Waals surface area contributed by atoms with Crippen LogP contribution in [0.2, 0.25) is 0 Å². The van der Waals surface area contributed by atoms with E-state index in [-0.39, 0.29) is 11.5 Å². The highest BCUT2D eigenvalue weighted by Crippen LogP contribution is 2.21. The second-order valence-electron chi connectivity index (χ2n) is 4.20. The minimum absolute atomic E-state index is 0.0873. The highest BCUT2D eigenvalue weighted by molar-refractivity contribution is 7.98. The SMILES string of the molecule is CCNc1ncc([N+](=O)[O-])c(NCCCCCSC)n1. The van der Waals surface area contributed by atoms with Crippen LogP contribution in [0, 0.1) is 10.1 Å². The summed E-state index contributed by atoms with van der Waals surface area (Å²) in [7, 11) is 0. The van der Waals surface area contributed by atoms with Crippen molar-refractivity contribution in [3.05, 3.63) is 16.3 Å². The van der Waals surface area contributed by atoms with Crippen LogP contribution in [0.5, 0.6) is 0 Å². The molecule has 0 aromatic carbocycles. The third kappa shape index (κ3) is 5.60. The third-order valence-electron chi connectivity index (χ3n) is 2.62. The molecule has 1 aromatic rings. The molecule has 1 rings (SSSR count). The molecule has 0 aliphatic carbocycles. The van der Waals surface area contributed by atoms with Gasteiger partial charge in [0, 0.05) is 13.1 Å². The van der Waals surface area contributed by atoms with Crippen molar-refractivity contribution < 1.29 is 4.92 Å². The monoisotopic (exact) mass is 299 g/mol. The van der Waals surface area contributed by atoms with E-state index in [1.54, 1.807) is 0 Å². The van der Waals surface area contributed by atoms with Gasteiger partial charge in [0.15, 0.2) is 0 Å². The Morgan fingerprint density at radius 3 is 2.80 bits per heavy atom. The summed E-state index contributed by atoms with van der Waals surface area (Å²) < 4.78 is 0. The fourth-order valence-electron chi connectivity index (χ4n) is 1.64. The molecule has 112 valence electrons. The first-order valence-corrected chi connectivity index (χ1v) is 8.06. The van der Waals surface area contributed by atoms with Crippen molar-refractivity contribution in [1.82, 2.24) is 9.97 Å². The number of aromatic nitrogens is 2. The van der Waals surface area contributed by atoms with Gasteiger partial charge in [-0.15, -0.1) is 0 Å². The zero-order valence-electron chi connectivity index (χ0n) is 11.9. The lowest BCUT2D eigenvalue weighted by Crippen LogP contribution is -2.10. The van der Waals surface area contributed by atoms with Crippen LogP contribution in [0.15, 0.2) is 6.20 Å². The summed E-state index contributed by atoms with van der Waals surface area (Å²) in [5, 5.41) is 16.9. The van der Waals surface area contributed by atoms with Crippen molar-refractivity contribution >= 4 is 29.2 Å². The molecule has 0 atom stereocenters. The van der Waals surface area contributed by atoms with E-state index in [1.165, 1.54) is 6.20 Å². The highest BCUT2D eigenvalue weighted by atomic mass is 32.2. The number of unbranched alkanes of at least 4 members (excludes halogenated alkanes) is 2. The van der Waals surface area contributed by atoms with Crippen molar-refractivity contribution in [3.8, 4) is 0 Å². The fraction of sp³-hybridized carbons (Fsp3) is 0.667. The van der Waals surface area contributed by atoms with Crippen LogP contribution >= 0.6 is 11.8 Å². The number of thioether (sulfide) groups is 1. The molecular weight excluding hydrogens is 278 g/mol. The Morgan fingerprint density at radius 2 is 2.15 bits per heavy atom. The van der Waals surface area contributed by atoms with Crippen molar-refractivity contribution in [2.24, 2.45) is 0 Å². The summed E-state index contributed by atoms with van der Waals surface area (Å²) in [5.74, 6) is 1.84. The lowest BCUT2D eigenvalue weighted by atomic mass is 10.2. The Labute approximate surface area is 123 Å². The van der Waals surface area contributed by atoms with Crippen LogP contribution in [0.25, 0.3) is 0 Å². The van der Waals surface area contributed by atoms with Gasteiger partial charge in [-0.2, -0.15) is 16.7 Å². The predicted octanol–water partition coefficient (Wildman–Crippen LogP) is 2.76. The molecule has 0 spiro atoms. The molecule has 0 radical (unpaired) electrons. The highest BCUT2D eigenvalue weighted by Gasteiger charge is 2.16. The Hall–Kier alpha value is -1.57. The maximum atomic E-state index is 10.9. The van der Waals surface area contributed by atoms with Crippen LogP contribution < -0.4 is 10.6 Å². The molecular formula is C12H21N5O2S. The molecule has 0 fully saturated rings. The van der Waals surface area contributed by atoms with Gasteiger partial charge in [0.2, 0.25) is 11.8 Å². The van der Waals surface area contributed by atoms with E-state index in [0.29, 0.717) is 19.0 Å². The van der Waals surface area contributed by atoms with E-state index in [4.69, 9.17) is 0 Å². The van der Waals surface area contributed by atoms with E-state index < -0.39 is 4.92 Å². The largest absolute Gasteiger partial charge is 0.364 e. The van der Waals surface area contributed by atoms with E-state index in [0.717, 1.165) is 25.0 Å². The molecule has 0 bridgehead atoms. The second-order valence-corrected chi connectivity index (χ2v) is 5.18. The average molecular weight is 299 g/mol. The van der Waals surface area contributed by atoms with Crippen LogP contribution in [0.1, 0.15) is 26.2 Å². The summed E-state index contributed by atoms with van der Waals surface area (Å²) in [6, 6.07) is 0. The Balaban J connectivity index is 2.56. The molecule has 20 heavy (non-hydrogen) atoms. The standard InChI is InChI=1S/C12H21N5O2S/c1-3-13-12-15-9-10(17(18)19)11(16-12)14-7-5-4-6-8-20-2/h9H,3-8H2,1-2H3,(H2,13,14,15,16). The number of hydrogen-bond donors (Lipinski definition) is 2. The molecule has 2 N–H and O–H groups in total. The molecule has 8 heteroatoms. The summed E-state index contributed by atoms with van der Waals surface area (Å²) in [6.45, 7) is 3.27. The summed E-state index contributed by atoms with van der Waals surface area (Å²) in [4.78, 5) is 18.5. The fourth-order valence-corrected chi connectivity index (χ4v) is 2.13. The van der Waals surface area contributed by atoms with Crippen molar-refractivity contribution in [1.29, 1.82) is 0 Å². The zero-order valence-corrected chi connectivity index (χ0v) is 12.7. The molecule has 0 unspecified atom stereocenters. The normalized spacial score (nSPS) is 10.3. The molecule has 1 aromatic heterocycles. The third-order valence-corrected chi connectivity index (χ3v) is 3.32. The van der Waals surface area contributed by atoms with Crippen LogP contribution in [-0.4, -0.2) is 40.0 Å². The molecule has 0 aliphatic heterocycles. The lowest BCUT2D eigenvalue weighted by molar-refractivity contribution is -0.384. The minimum atomic E-state index is -0.466. The van der Waals surface area contributed by atoms with Gasteiger partial charge in [0.25, 0.3) is 0 Å². The molecule has 0 aliphatic rings. The van der Waals surface area contributed by atoms with Crippen LogP contribution in [-0.2, 0) is 0 Å². The van der Waals surface area contributed by atoms with E-state index in [9.17, 15) is 10.1 Å². The lowest BCUT2D eigenvalue weighted by Gasteiger charge is -2.08. The maximum absolute atomic E-state index is 10.9. The number of hydrogen-bond acceptors (Lipinski definition) is 7. The number of nitro groups is 1. The first-order valence-electron chi connectivity index (χ1n) is 6.67. The quantitative estimate of drug-likeness (QED) is 0.390. The average Bonchev–Trinajstić information content (AvgIpc) is 2.43. The Morgan fingerprint density at radius 1 is 1.35 bits per heavy atom. The minimum Gasteiger partial charge on any atom is -0.364 e. The topological polar surface area (TPSA) is 93.0 Å². The summed E-state index contributed by atoms with van der Waals surface area (Å²) in [5.41, 5.74) is -0.0873. The van der Waals surface area contributed by atoms with E-state index >= 15 is 0 Å². The van der Waals surface area contributed by atoms with Gasteiger partial charge in [-0.25, -0.2) is 4.98 Å². The van der Waals surface area contributed by atoms with Crippen molar-refractivity contribution in [2.45, 2.75) is 26.2 Å². The number of nitrogens with zero attached hydrogens (tertiary/aromatic N) is 3. The van der Waals surface area contributed by atoms with Crippen LogP contribution in [0.4, 0.5) is 17.5 Å². The predicted molar refractivity (Wildman–Crippen MR) is 83.6 cm³/mol. The molecule has 0 amide bonds. The van der Waals surface area contributed by atoms with Gasteiger partial charge < -0.3 is 10.6 Å². The number of nitrogens with one attached hydrogen (secondary N) is 2. The molecule has 1 heterocycles. The van der Waals surface area contributed by atoms with E-state index in [1.807, 2.05) is 18.7 Å². The summed E-state index contributed by atoms with van der Waals surface area (Å²) >= 11 is 1.83. The van der Waals surface area contributed by atoms with Gasteiger partial charge in [-0.05, 0) is 31.8 Å². The van der Waals surface area contributed by atoms with Gasteiger partial charge >= 0.3 is 5.69 Å². The maximum Gasteiger partial charge on any atom is 0.329 e. The zero-order chi connectivity index (χ0) is 14.8. The number of rotatable bonds is 10. The van der Waals surface area contributed by atoms with Gasteiger partial charge in [0.05, 0.1) is 4.92 Å². The second kappa shape index (κ2) is 9.35. The number of anilines is 2. The smallest absolute Gasteiger partial charge is 0.329 e. The van der Waals surface area contributed by atoms with Crippen LogP contribution in [0.3, 0.4) is 0 Å². The van der Waals surface area contributed by atoms with Gasteiger partial charge in [-0.3, -0.25) is 10.1 Å². The Kier molecular flexibility index (Phi) is 7.71. The van der Waals surface area contributed by atoms with E-state index in [2.05, 4.69) is 26.9 Å². The molecule has 7 nitrogen and oxygen atoms in total. The van der Waals surface area contributed by atoms with Gasteiger partial charge in [0.1, 0.15) is 6.20 Å². The van der Waals surface area contributed by atoms with Gasteiger partial charge in [-0.1, -0.05) is 6.42 Å². The Bertz CT molecular complexity index is 430. The van der Waals surface area contributed by atoms with Crippen molar-refractivity contribution in [2.75, 3.05) is 35.7 Å². The van der Waals surface area contributed by atoms with Crippen molar-refractivity contribution in [3.63, 3.8) is 0 Å². The summed E-state index contributed by atoms with van der Waals surface area (Å²) in [6.07, 6.45) is 6.56. The molecule has 0 saturated heterocycles. The first kappa shape index (κ1) is 16.5. The molecule has 0 saturated carbocycles.